The summed E-state index contributed by atoms with van der Waals surface area (Å²) >= 11 is 12.1. The van der Waals surface area contributed by atoms with Gasteiger partial charge in [-0.05, 0) is 42.0 Å². The minimum Gasteiger partial charge on any atom is -0.480 e. The van der Waals surface area contributed by atoms with Crippen LogP contribution in [-0.2, 0) is 27.0 Å². The summed E-state index contributed by atoms with van der Waals surface area (Å²) in [5.74, 6) is -2.87. The first-order valence-electron chi connectivity index (χ1n) is 11.1. The van der Waals surface area contributed by atoms with Crippen molar-refractivity contribution in [2.45, 2.75) is 18.6 Å². The Labute approximate surface area is 230 Å². The first-order valence-corrected chi connectivity index (χ1v) is 11.8. The summed E-state index contributed by atoms with van der Waals surface area (Å²) in [6, 6.07) is 13.0. The molecule has 3 N–H and O–H groups in total. The molecule has 0 radical (unpaired) electrons. The third-order valence-corrected chi connectivity index (χ3v) is 5.96. The normalized spacial score (nSPS) is 12.4. The second-order valence-electron chi connectivity index (χ2n) is 8.01. The highest BCUT2D eigenvalue weighted by molar-refractivity contribution is 6.45. The molecule has 0 fully saturated rings. The molecule has 0 bridgehead atoms. The Morgan fingerprint density at radius 1 is 0.974 bits per heavy atom. The van der Waals surface area contributed by atoms with Gasteiger partial charge in [-0.1, -0.05) is 58.7 Å². The van der Waals surface area contributed by atoms with Crippen LogP contribution in [0.25, 0.3) is 0 Å². The van der Waals surface area contributed by atoms with Gasteiger partial charge in [0.15, 0.2) is 5.71 Å². The first-order chi connectivity index (χ1) is 18.4. The zero-order valence-corrected chi connectivity index (χ0v) is 21.6. The number of hydrogen-bond donors (Lipinski definition) is 3. The van der Waals surface area contributed by atoms with E-state index >= 15 is 0 Å². The molecule has 0 saturated heterocycles. The van der Waals surface area contributed by atoms with E-state index < -0.39 is 41.3 Å². The van der Waals surface area contributed by atoms with Gasteiger partial charge in [-0.25, -0.2) is 4.79 Å². The number of aliphatic carboxylic acids is 1. The average Bonchev–Trinajstić information content (AvgIpc) is 2.87. The number of oxime groups is 1. The molecule has 0 aliphatic carbocycles. The van der Waals surface area contributed by atoms with Gasteiger partial charge in [0.2, 0.25) is 0 Å². The van der Waals surface area contributed by atoms with Gasteiger partial charge in [0.05, 0.1) is 21.2 Å². The molecule has 204 valence electrons. The first kappa shape index (κ1) is 29.5. The van der Waals surface area contributed by atoms with Crippen LogP contribution in [0.2, 0.25) is 10.0 Å². The maximum atomic E-state index is 12.9. The fraction of sp³-hybridized carbons (Fsp3) is 0.154. The molecule has 3 rings (SSSR count). The molecule has 3 aromatic carbocycles. The fourth-order valence-electron chi connectivity index (χ4n) is 3.43. The van der Waals surface area contributed by atoms with Crippen molar-refractivity contribution >= 4 is 52.4 Å². The molecule has 0 aliphatic rings. The standard InChI is InChI=1S/C26H20Cl2F3N3O5/c1-39-34-22(15-7-9-16(10-8-15)26(29,30)31)24(36)33-20(25(37)38)13-14-5-11-17(12-6-14)32-23(35)21-18(27)3-2-4-19(21)28/h2-12,20H,13H2,1H3,(H,32,35)(H,33,36)(H,37,38)/b34-22+. The second-order valence-corrected chi connectivity index (χ2v) is 8.83. The Morgan fingerprint density at radius 3 is 2.08 bits per heavy atom. The average molecular weight is 582 g/mol. The molecule has 2 amide bonds. The SMILES string of the molecule is CO/N=C(/C(=O)NC(Cc1ccc(NC(=O)c2c(Cl)cccc2Cl)cc1)C(=O)O)c1ccc(C(F)(F)F)cc1. The van der Waals surface area contributed by atoms with Crippen molar-refractivity contribution in [1.82, 2.24) is 5.32 Å². The molecular weight excluding hydrogens is 562 g/mol. The number of halogens is 5. The monoisotopic (exact) mass is 581 g/mol. The Balaban J connectivity index is 1.71. The molecule has 0 aromatic heterocycles. The number of amides is 2. The highest BCUT2D eigenvalue weighted by Gasteiger charge is 2.31. The summed E-state index contributed by atoms with van der Waals surface area (Å²) in [5.41, 5.74) is -0.371. The number of alkyl halides is 3. The quantitative estimate of drug-likeness (QED) is 0.230. The largest absolute Gasteiger partial charge is 0.480 e. The maximum absolute atomic E-state index is 12.9. The van der Waals surface area contributed by atoms with E-state index in [0.717, 1.165) is 31.4 Å². The van der Waals surface area contributed by atoms with Crippen LogP contribution in [0.3, 0.4) is 0 Å². The van der Waals surface area contributed by atoms with Crippen molar-refractivity contribution in [2.24, 2.45) is 5.16 Å². The van der Waals surface area contributed by atoms with Crippen molar-refractivity contribution in [3.63, 3.8) is 0 Å². The van der Waals surface area contributed by atoms with E-state index in [9.17, 15) is 32.7 Å². The van der Waals surface area contributed by atoms with Crippen LogP contribution in [-0.4, -0.2) is 41.8 Å². The molecule has 8 nitrogen and oxygen atoms in total. The van der Waals surface area contributed by atoms with Crippen LogP contribution in [0.1, 0.15) is 27.0 Å². The van der Waals surface area contributed by atoms with Gasteiger partial charge < -0.3 is 20.6 Å². The zero-order chi connectivity index (χ0) is 28.7. The zero-order valence-electron chi connectivity index (χ0n) is 20.1. The summed E-state index contributed by atoms with van der Waals surface area (Å²) < 4.78 is 38.6. The van der Waals surface area contributed by atoms with E-state index in [1.807, 2.05) is 0 Å². The number of carbonyl (C=O) groups excluding carboxylic acids is 2. The molecule has 1 atom stereocenters. The summed E-state index contributed by atoms with van der Waals surface area (Å²) in [4.78, 5) is 41.8. The van der Waals surface area contributed by atoms with Crippen molar-refractivity contribution in [2.75, 3.05) is 12.4 Å². The van der Waals surface area contributed by atoms with Gasteiger partial charge in [0.25, 0.3) is 11.8 Å². The Hall–Kier alpha value is -4.09. The van der Waals surface area contributed by atoms with Crippen LogP contribution < -0.4 is 10.6 Å². The highest BCUT2D eigenvalue weighted by atomic mass is 35.5. The lowest BCUT2D eigenvalue weighted by Crippen LogP contribution is -2.45. The molecule has 0 aliphatic heterocycles. The van der Waals surface area contributed by atoms with E-state index in [1.54, 1.807) is 18.2 Å². The number of carboxylic acid groups (broad SMARTS) is 1. The third kappa shape index (κ3) is 7.71. The summed E-state index contributed by atoms with van der Waals surface area (Å²) in [6.07, 6.45) is -4.73. The summed E-state index contributed by atoms with van der Waals surface area (Å²) in [7, 11) is 1.13. The highest BCUT2D eigenvalue weighted by Crippen LogP contribution is 2.29. The van der Waals surface area contributed by atoms with Crippen LogP contribution in [0.4, 0.5) is 18.9 Å². The molecule has 13 heteroatoms. The maximum Gasteiger partial charge on any atom is 0.416 e. The predicted molar refractivity (Wildman–Crippen MR) is 139 cm³/mol. The third-order valence-electron chi connectivity index (χ3n) is 5.33. The van der Waals surface area contributed by atoms with Crippen molar-refractivity contribution < 1.29 is 37.5 Å². The van der Waals surface area contributed by atoms with Gasteiger partial charge in [0, 0.05) is 17.7 Å². The second kappa shape index (κ2) is 12.6. The lowest BCUT2D eigenvalue weighted by molar-refractivity contribution is -0.141. The topological polar surface area (TPSA) is 117 Å². The van der Waals surface area contributed by atoms with Gasteiger partial charge >= 0.3 is 12.1 Å². The summed E-state index contributed by atoms with van der Waals surface area (Å²) in [5, 5.41) is 18.5. The lowest BCUT2D eigenvalue weighted by atomic mass is 10.0. The van der Waals surface area contributed by atoms with Crippen LogP contribution in [0.15, 0.2) is 71.9 Å². The number of hydrogen-bond acceptors (Lipinski definition) is 5. The van der Waals surface area contributed by atoms with Gasteiger partial charge in [-0.2, -0.15) is 13.2 Å². The fourth-order valence-corrected chi connectivity index (χ4v) is 4.00. The van der Waals surface area contributed by atoms with E-state index in [0.29, 0.717) is 11.3 Å². The number of rotatable bonds is 9. The predicted octanol–water partition coefficient (Wildman–Crippen LogP) is 5.43. The van der Waals surface area contributed by atoms with Crippen LogP contribution in [0, 0.1) is 0 Å². The molecule has 0 heterocycles. The molecule has 1 unspecified atom stereocenters. The number of nitrogens with one attached hydrogen (secondary N) is 2. The Morgan fingerprint density at radius 2 is 1.56 bits per heavy atom. The number of benzene rings is 3. The molecular formula is C26H20Cl2F3N3O5. The number of carboxylic acids is 1. The number of anilines is 1. The molecule has 0 saturated carbocycles. The minimum atomic E-state index is -4.58. The van der Waals surface area contributed by atoms with E-state index in [2.05, 4.69) is 20.6 Å². The van der Waals surface area contributed by atoms with Gasteiger partial charge in [-0.15, -0.1) is 0 Å². The summed E-state index contributed by atoms with van der Waals surface area (Å²) in [6.45, 7) is 0. The van der Waals surface area contributed by atoms with E-state index in [4.69, 9.17) is 23.2 Å². The molecule has 0 spiro atoms. The van der Waals surface area contributed by atoms with Crippen molar-refractivity contribution in [3.05, 3.63) is 99.0 Å². The number of carbonyl (C=O) groups is 3. The van der Waals surface area contributed by atoms with E-state index in [1.165, 1.54) is 24.3 Å². The smallest absolute Gasteiger partial charge is 0.416 e. The van der Waals surface area contributed by atoms with Gasteiger partial charge in [0.1, 0.15) is 13.2 Å². The Kier molecular flexibility index (Phi) is 9.55. The minimum absolute atomic E-state index is 0.00907. The lowest BCUT2D eigenvalue weighted by Gasteiger charge is -2.16. The van der Waals surface area contributed by atoms with Crippen LogP contribution >= 0.6 is 23.2 Å². The van der Waals surface area contributed by atoms with Crippen LogP contribution in [0.5, 0.6) is 0 Å². The molecule has 3 aromatic rings. The van der Waals surface area contributed by atoms with Gasteiger partial charge in [-0.3, -0.25) is 9.59 Å². The van der Waals surface area contributed by atoms with Crippen molar-refractivity contribution in [1.29, 1.82) is 0 Å². The van der Waals surface area contributed by atoms with E-state index in [-0.39, 0.29) is 27.6 Å². The number of nitrogens with zero attached hydrogens (tertiary/aromatic N) is 1. The molecule has 39 heavy (non-hydrogen) atoms. The van der Waals surface area contributed by atoms with Crippen molar-refractivity contribution in [3.8, 4) is 0 Å². The Bertz CT molecular complexity index is 1380.